The second-order valence-corrected chi connectivity index (χ2v) is 6.36. The zero-order valence-corrected chi connectivity index (χ0v) is 15.3. The second kappa shape index (κ2) is 7.76. The van der Waals surface area contributed by atoms with E-state index in [4.69, 9.17) is 27.9 Å². The molecule has 0 unspecified atom stereocenters. The van der Waals surface area contributed by atoms with Crippen LogP contribution in [0.1, 0.15) is 17.5 Å². The highest BCUT2D eigenvalue weighted by Gasteiger charge is 2.17. The molecule has 0 saturated carbocycles. The van der Waals surface area contributed by atoms with E-state index < -0.39 is 0 Å². The molecule has 1 N–H and O–H groups in total. The number of nitrogens with one attached hydrogen (secondary N) is 1. The Labute approximate surface area is 159 Å². The molecule has 0 fully saturated rings. The minimum Gasteiger partial charge on any atom is -0.484 e. The Hall–Kier alpha value is -2.57. The highest BCUT2D eigenvalue weighted by molar-refractivity contribution is 6.35. The number of aromatic nitrogens is 2. The third-order valence-electron chi connectivity index (χ3n) is 3.62. The van der Waals surface area contributed by atoms with Crippen LogP contribution < -0.4 is 10.1 Å². The summed E-state index contributed by atoms with van der Waals surface area (Å²) in [6, 6.07) is 12.1. The molecule has 6 nitrogen and oxygen atoms in total. The Morgan fingerprint density at radius 2 is 1.96 bits per heavy atom. The van der Waals surface area contributed by atoms with Crippen LogP contribution in [0.2, 0.25) is 10.0 Å². The first-order valence-corrected chi connectivity index (χ1v) is 8.53. The zero-order valence-electron chi connectivity index (χ0n) is 13.8. The molecule has 3 aromatic rings. The van der Waals surface area contributed by atoms with Crippen molar-refractivity contribution in [3.8, 4) is 5.75 Å². The van der Waals surface area contributed by atoms with Gasteiger partial charge in [0.1, 0.15) is 12.4 Å². The number of rotatable bonds is 5. The van der Waals surface area contributed by atoms with Crippen LogP contribution in [0.3, 0.4) is 0 Å². The first-order chi connectivity index (χ1) is 12.5. The quantitative estimate of drug-likeness (QED) is 0.719. The predicted octanol–water partition coefficient (Wildman–Crippen LogP) is 3.70. The summed E-state index contributed by atoms with van der Waals surface area (Å²) in [5.74, 6) is 0.250. The number of fused-ring (bicyclic) bond motifs is 1. The first-order valence-electron chi connectivity index (χ1n) is 7.77. The van der Waals surface area contributed by atoms with Crippen molar-refractivity contribution in [2.45, 2.75) is 13.5 Å². The maximum atomic E-state index is 12.6. The van der Waals surface area contributed by atoms with Crippen molar-refractivity contribution < 1.29 is 14.3 Å². The first kappa shape index (κ1) is 18.2. The number of para-hydroxylation sites is 2. The van der Waals surface area contributed by atoms with Crippen molar-refractivity contribution in [1.29, 1.82) is 0 Å². The fourth-order valence-electron chi connectivity index (χ4n) is 2.46. The number of hydrogen-bond donors (Lipinski definition) is 1. The lowest BCUT2D eigenvalue weighted by atomic mass is 10.3. The summed E-state index contributed by atoms with van der Waals surface area (Å²) >= 11 is 12.0. The zero-order chi connectivity index (χ0) is 18.7. The molecule has 3 rings (SSSR count). The van der Waals surface area contributed by atoms with Gasteiger partial charge in [-0.3, -0.25) is 14.2 Å². The van der Waals surface area contributed by atoms with Crippen molar-refractivity contribution in [1.82, 2.24) is 14.9 Å². The van der Waals surface area contributed by atoms with Crippen LogP contribution in [-0.2, 0) is 11.4 Å². The van der Waals surface area contributed by atoms with Crippen LogP contribution in [0, 0.1) is 0 Å². The maximum Gasteiger partial charge on any atom is 0.252 e. The van der Waals surface area contributed by atoms with Gasteiger partial charge < -0.3 is 10.1 Å². The number of ether oxygens (including phenoxy) is 1. The van der Waals surface area contributed by atoms with E-state index in [1.165, 1.54) is 11.5 Å². The summed E-state index contributed by atoms with van der Waals surface area (Å²) in [5, 5.41) is 3.37. The Kier molecular flexibility index (Phi) is 5.44. The fraction of sp³-hybridized carbons (Fsp3) is 0.167. The van der Waals surface area contributed by atoms with Crippen LogP contribution in [0.5, 0.6) is 5.75 Å². The number of carbonyl (C=O) groups is 2. The van der Waals surface area contributed by atoms with E-state index >= 15 is 0 Å². The van der Waals surface area contributed by atoms with Crippen molar-refractivity contribution in [2.24, 2.45) is 0 Å². The van der Waals surface area contributed by atoms with Gasteiger partial charge in [-0.2, -0.15) is 0 Å². The van der Waals surface area contributed by atoms with E-state index in [0.29, 0.717) is 32.7 Å². The monoisotopic (exact) mass is 391 g/mol. The molecule has 0 atom stereocenters. The van der Waals surface area contributed by atoms with Gasteiger partial charge in [-0.25, -0.2) is 4.98 Å². The minimum absolute atomic E-state index is 0.0296. The van der Waals surface area contributed by atoms with E-state index in [1.54, 1.807) is 30.3 Å². The smallest absolute Gasteiger partial charge is 0.252 e. The van der Waals surface area contributed by atoms with Gasteiger partial charge in [-0.05, 0) is 30.3 Å². The average Bonchev–Trinajstić information content (AvgIpc) is 2.97. The number of nitrogens with zero attached hydrogens (tertiary/aromatic N) is 2. The van der Waals surface area contributed by atoms with Crippen molar-refractivity contribution >= 4 is 46.0 Å². The molecule has 1 amide bonds. The molecule has 0 aliphatic heterocycles. The van der Waals surface area contributed by atoms with Crippen molar-refractivity contribution in [3.63, 3.8) is 0 Å². The van der Waals surface area contributed by atoms with E-state index in [0.717, 1.165) is 0 Å². The lowest BCUT2D eigenvalue weighted by molar-refractivity contribution is -0.118. The van der Waals surface area contributed by atoms with Crippen LogP contribution in [0.4, 0.5) is 0 Å². The molecular formula is C18H15Cl2N3O3. The molecule has 1 aromatic heterocycles. The van der Waals surface area contributed by atoms with Gasteiger partial charge >= 0.3 is 0 Å². The lowest BCUT2D eigenvalue weighted by Crippen LogP contribution is -2.31. The topological polar surface area (TPSA) is 73.2 Å². The van der Waals surface area contributed by atoms with Crippen LogP contribution in [0.15, 0.2) is 42.5 Å². The van der Waals surface area contributed by atoms with E-state index in [-0.39, 0.29) is 25.0 Å². The molecule has 0 aliphatic rings. The Morgan fingerprint density at radius 3 is 2.69 bits per heavy atom. The largest absolute Gasteiger partial charge is 0.484 e. The molecular weight excluding hydrogens is 377 g/mol. The number of carbonyl (C=O) groups excluding carboxylic acids is 2. The SMILES string of the molecule is CC(=O)NCC(=O)n1c(COc2ccc(Cl)cc2Cl)nc2ccccc21. The summed E-state index contributed by atoms with van der Waals surface area (Å²) in [4.78, 5) is 28.1. The molecule has 0 bridgehead atoms. The summed E-state index contributed by atoms with van der Waals surface area (Å²) in [6.07, 6.45) is 0. The van der Waals surface area contributed by atoms with Crippen LogP contribution >= 0.6 is 23.2 Å². The van der Waals surface area contributed by atoms with Crippen LogP contribution in [0.25, 0.3) is 11.0 Å². The molecule has 0 saturated heterocycles. The number of halogens is 2. The molecule has 134 valence electrons. The average molecular weight is 392 g/mol. The standard InChI is InChI=1S/C18H15Cl2N3O3/c1-11(24)21-9-18(25)23-15-5-3-2-4-14(15)22-17(23)10-26-16-7-6-12(19)8-13(16)20/h2-8H,9-10H2,1H3,(H,21,24). The highest BCUT2D eigenvalue weighted by atomic mass is 35.5. The fourth-order valence-corrected chi connectivity index (χ4v) is 2.93. The molecule has 0 aliphatic carbocycles. The van der Waals surface area contributed by atoms with Gasteiger partial charge in [-0.1, -0.05) is 35.3 Å². The summed E-state index contributed by atoms with van der Waals surface area (Å²) in [7, 11) is 0. The van der Waals surface area contributed by atoms with Gasteiger partial charge in [0, 0.05) is 11.9 Å². The minimum atomic E-state index is -0.310. The summed E-state index contributed by atoms with van der Waals surface area (Å²) < 4.78 is 7.15. The normalized spacial score (nSPS) is 10.7. The number of benzene rings is 2. The Bertz CT molecular complexity index is 985. The summed E-state index contributed by atoms with van der Waals surface area (Å²) in [5.41, 5.74) is 1.30. The van der Waals surface area contributed by atoms with E-state index in [9.17, 15) is 9.59 Å². The molecule has 8 heteroatoms. The number of imidazole rings is 1. The van der Waals surface area contributed by atoms with Gasteiger partial charge in [0.25, 0.3) is 5.91 Å². The summed E-state index contributed by atoms with van der Waals surface area (Å²) in [6.45, 7) is 1.25. The van der Waals surface area contributed by atoms with Gasteiger partial charge in [-0.15, -0.1) is 0 Å². The maximum absolute atomic E-state index is 12.6. The van der Waals surface area contributed by atoms with E-state index in [2.05, 4.69) is 10.3 Å². The second-order valence-electron chi connectivity index (χ2n) is 5.52. The Morgan fingerprint density at radius 1 is 1.19 bits per heavy atom. The van der Waals surface area contributed by atoms with Crippen LogP contribution in [-0.4, -0.2) is 27.9 Å². The number of hydrogen-bond acceptors (Lipinski definition) is 4. The van der Waals surface area contributed by atoms with Crippen molar-refractivity contribution in [2.75, 3.05) is 6.54 Å². The third kappa shape index (κ3) is 3.98. The predicted molar refractivity (Wildman–Crippen MR) is 99.8 cm³/mol. The van der Waals surface area contributed by atoms with Crippen molar-refractivity contribution in [3.05, 3.63) is 58.3 Å². The number of amides is 1. The van der Waals surface area contributed by atoms with Gasteiger partial charge in [0.15, 0.2) is 5.82 Å². The molecule has 1 heterocycles. The van der Waals surface area contributed by atoms with E-state index in [1.807, 2.05) is 12.1 Å². The molecule has 26 heavy (non-hydrogen) atoms. The highest BCUT2D eigenvalue weighted by Crippen LogP contribution is 2.28. The third-order valence-corrected chi connectivity index (χ3v) is 4.15. The van der Waals surface area contributed by atoms with Gasteiger partial charge in [0.05, 0.1) is 22.6 Å². The molecule has 0 radical (unpaired) electrons. The molecule has 2 aromatic carbocycles. The molecule has 0 spiro atoms. The Balaban J connectivity index is 1.90. The van der Waals surface area contributed by atoms with Gasteiger partial charge in [0.2, 0.25) is 5.91 Å². The lowest BCUT2D eigenvalue weighted by Gasteiger charge is -2.10.